The Morgan fingerprint density at radius 2 is 1.32 bits per heavy atom. The summed E-state index contributed by atoms with van der Waals surface area (Å²) in [7, 11) is 1.92. The monoisotopic (exact) mass is 857 g/mol. The molecule has 0 bridgehead atoms. The highest BCUT2D eigenvalue weighted by atomic mass is 19.4. The number of esters is 2. The van der Waals surface area contributed by atoms with Crippen LogP contribution in [0, 0.1) is 23.7 Å². The van der Waals surface area contributed by atoms with Crippen molar-refractivity contribution in [3.05, 3.63) is 35.9 Å². The molecule has 0 unspecified atom stereocenters. The lowest BCUT2D eigenvalue weighted by Crippen LogP contribution is -2.58. The van der Waals surface area contributed by atoms with Crippen LogP contribution in [0.2, 0.25) is 0 Å². The van der Waals surface area contributed by atoms with Gasteiger partial charge in [0.25, 0.3) is 5.60 Å². The lowest BCUT2D eigenvalue weighted by atomic mass is 9.87. The standard InChI is InChI=1S/C42H66F3N5O10/c1-12-13-14-16-19-26(6)34(60-40(57)41(59-11,42(43,44)45)30-20-17-15-18-21-30)27(7)35(52)46-23-32(51)50-33(25(4)5)38(55)49-31(22-24(2)3)37(54)47-28(8)36(53)48-29(9)39(56)58-10/h15,17-18,20-21,24-29,31,33-34H,12-14,16,19,22-23H2,1-11H3,(H,46,52)(H,47,54)(H,48,53)(H,49,55)(H,50,51)/t26-,27+,28-,29-,31-,33-,34+,41-/m0/s1. The highest BCUT2D eigenvalue weighted by molar-refractivity contribution is 5.95. The zero-order chi connectivity index (χ0) is 46.0. The maximum atomic E-state index is 14.7. The molecule has 0 heterocycles. The van der Waals surface area contributed by atoms with Crippen molar-refractivity contribution in [3.63, 3.8) is 0 Å². The summed E-state index contributed by atoms with van der Waals surface area (Å²) in [6.45, 7) is 14.2. The van der Waals surface area contributed by atoms with Gasteiger partial charge in [0.15, 0.2) is 0 Å². The van der Waals surface area contributed by atoms with E-state index in [9.17, 15) is 46.7 Å². The van der Waals surface area contributed by atoms with E-state index in [4.69, 9.17) is 9.47 Å². The van der Waals surface area contributed by atoms with Crippen molar-refractivity contribution in [3.8, 4) is 0 Å². The molecule has 0 spiro atoms. The van der Waals surface area contributed by atoms with E-state index in [-0.39, 0.29) is 12.3 Å². The Kier molecular flexibility index (Phi) is 22.3. The molecule has 0 radical (unpaired) electrons. The van der Waals surface area contributed by atoms with Gasteiger partial charge in [0.05, 0.1) is 19.6 Å². The molecule has 8 atom stereocenters. The molecule has 0 saturated carbocycles. The van der Waals surface area contributed by atoms with Crippen molar-refractivity contribution in [1.82, 2.24) is 26.6 Å². The number of carbonyl (C=O) groups is 7. The van der Waals surface area contributed by atoms with E-state index in [1.165, 1.54) is 46.1 Å². The summed E-state index contributed by atoms with van der Waals surface area (Å²) in [6.07, 6.45) is -2.68. The SMILES string of the molecule is CCCCCC[C@H](C)[C@@H](OC(=O)[C@@](OC)(c1ccccc1)C(F)(F)F)[C@@H](C)C(=O)NCC(=O)N[C@H](C(=O)N[C@@H](CC(C)C)C(=O)N[C@@H](C)C(=O)N[C@@H](C)C(=O)OC)C(C)C. The van der Waals surface area contributed by atoms with E-state index in [1.807, 2.05) is 20.8 Å². The molecular weight excluding hydrogens is 791 g/mol. The van der Waals surface area contributed by atoms with E-state index < -0.39 is 113 Å². The Hall–Kier alpha value is -4.74. The number of halogens is 3. The predicted molar refractivity (Wildman–Crippen MR) is 217 cm³/mol. The second-order valence-electron chi connectivity index (χ2n) is 15.9. The Labute approximate surface area is 351 Å². The average Bonchev–Trinajstić information content (AvgIpc) is 3.18. The fraction of sp³-hybridized carbons (Fsp3) is 0.690. The van der Waals surface area contributed by atoms with Crippen LogP contribution >= 0.6 is 0 Å². The molecule has 0 saturated heterocycles. The first-order valence-corrected chi connectivity index (χ1v) is 20.4. The minimum absolute atomic E-state index is 0.0892. The van der Waals surface area contributed by atoms with Gasteiger partial charge in [0.1, 0.15) is 30.3 Å². The Bertz CT molecular complexity index is 1580. The number of rotatable bonds is 25. The van der Waals surface area contributed by atoms with Crippen molar-refractivity contribution in [1.29, 1.82) is 0 Å². The van der Waals surface area contributed by atoms with Gasteiger partial charge in [0.2, 0.25) is 29.5 Å². The Morgan fingerprint density at radius 1 is 0.717 bits per heavy atom. The van der Waals surface area contributed by atoms with Gasteiger partial charge in [-0.2, -0.15) is 13.2 Å². The molecule has 1 rings (SSSR count). The molecule has 1 aromatic rings. The molecule has 0 aromatic heterocycles. The molecule has 0 aliphatic rings. The minimum atomic E-state index is -5.24. The summed E-state index contributed by atoms with van der Waals surface area (Å²) in [6, 6.07) is 1.96. The van der Waals surface area contributed by atoms with Gasteiger partial charge in [0, 0.05) is 12.7 Å². The molecule has 0 aliphatic carbocycles. The second kappa shape index (κ2) is 25.1. The molecule has 18 heteroatoms. The summed E-state index contributed by atoms with van der Waals surface area (Å²) in [4.78, 5) is 91.5. The number of hydrogen-bond acceptors (Lipinski definition) is 10. The minimum Gasteiger partial charge on any atom is -0.467 e. The fourth-order valence-corrected chi connectivity index (χ4v) is 6.52. The van der Waals surface area contributed by atoms with Crippen molar-refractivity contribution in [2.45, 2.75) is 143 Å². The van der Waals surface area contributed by atoms with Gasteiger partial charge < -0.3 is 40.8 Å². The van der Waals surface area contributed by atoms with Crippen LogP contribution < -0.4 is 26.6 Å². The maximum Gasteiger partial charge on any atom is 0.432 e. The summed E-state index contributed by atoms with van der Waals surface area (Å²) < 4.78 is 59.3. The number of unbranched alkanes of at least 4 members (excludes halogenated alkanes) is 3. The number of benzene rings is 1. The van der Waals surface area contributed by atoms with Crippen LogP contribution in [-0.4, -0.2) is 98.7 Å². The van der Waals surface area contributed by atoms with E-state index in [2.05, 4.69) is 31.3 Å². The van der Waals surface area contributed by atoms with Crippen LogP contribution in [0.4, 0.5) is 13.2 Å². The van der Waals surface area contributed by atoms with Gasteiger partial charge in [-0.3, -0.25) is 24.0 Å². The van der Waals surface area contributed by atoms with Gasteiger partial charge in [-0.1, -0.05) is 104 Å². The van der Waals surface area contributed by atoms with Crippen LogP contribution in [0.1, 0.15) is 106 Å². The first-order chi connectivity index (χ1) is 28.0. The normalized spacial score (nSPS) is 16.1. The number of carbonyl (C=O) groups excluding carboxylic acids is 7. The first kappa shape index (κ1) is 53.3. The number of alkyl halides is 3. The molecule has 0 fully saturated rings. The highest BCUT2D eigenvalue weighted by Crippen LogP contribution is 2.44. The van der Waals surface area contributed by atoms with Crippen molar-refractivity contribution in [2.75, 3.05) is 20.8 Å². The Balaban J connectivity index is 3.18. The fourth-order valence-electron chi connectivity index (χ4n) is 6.52. The van der Waals surface area contributed by atoms with E-state index in [1.54, 1.807) is 20.8 Å². The quantitative estimate of drug-likeness (QED) is 0.0700. The molecular formula is C42H66F3N5O10. The summed E-state index contributed by atoms with van der Waals surface area (Å²) in [5.41, 5.74) is -3.99. The van der Waals surface area contributed by atoms with E-state index in [0.29, 0.717) is 12.8 Å². The lowest BCUT2D eigenvalue weighted by molar-refractivity contribution is -0.279. The third kappa shape index (κ3) is 15.7. The predicted octanol–water partition coefficient (Wildman–Crippen LogP) is 4.22. The highest BCUT2D eigenvalue weighted by Gasteiger charge is 2.64. The topological polar surface area (TPSA) is 207 Å². The molecule has 0 aliphatic heterocycles. The van der Waals surface area contributed by atoms with Gasteiger partial charge in [-0.15, -0.1) is 0 Å². The number of hydrogen-bond donors (Lipinski definition) is 5. The number of methoxy groups -OCH3 is 2. The van der Waals surface area contributed by atoms with E-state index in [0.717, 1.165) is 38.5 Å². The van der Waals surface area contributed by atoms with E-state index >= 15 is 0 Å². The number of ether oxygens (including phenoxy) is 3. The second-order valence-corrected chi connectivity index (χ2v) is 15.9. The maximum absolute atomic E-state index is 14.7. The van der Waals surface area contributed by atoms with Crippen molar-refractivity contribution >= 4 is 41.5 Å². The number of nitrogens with one attached hydrogen (secondary N) is 5. The average molecular weight is 858 g/mol. The molecule has 340 valence electrons. The summed E-state index contributed by atoms with van der Waals surface area (Å²) in [5.74, 6) is -8.48. The molecule has 5 amide bonds. The number of amides is 5. The summed E-state index contributed by atoms with van der Waals surface area (Å²) in [5, 5.41) is 12.6. The Morgan fingerprint density at radius 3 is 1.83 bits per heavy atom. The molecule has 15 nitrogen and oxygen atoms in total. The third-order valence-corrected chi connectivity index (χ3v) is 10.1. The van der Waals surface area contributed by atoms with Gasteiger partial charge in [-0.05, 0) is 44.4 Å². The third-order valence-electron chi connectivity index (χ3n) is 10.1. The summed E-state index contributed by atoms with van der Waals surface area (Å²) >= 11 is 0. The molecule has 5 N–H and O–H groups in total. The lowest BCUT2D eigenvalue weighted by Gasteiger charge is -2.36. The van der Waals surface area contributed by atoms with Gasteiger partial charge in [-0.25, -0.2) is 9.59 Å². The molecule has 60 heavy (non-hydrogen) atoms. The smallest absolute Gasteiger partial charge is 0.432 e. The zero-order valence-electron chi connectivity index (χ0n) is 36.7. The van der Waals surface area contributed by atoms with Crippen LogP contribution in [0.15, 0.2) is 30.3 Å². The van der Waals surface area contributed by atoms with Crippen LogP contribution in [0.5, 0.6) is 0 Å². The first-order valence-electron chi connectivity index (χ1n) is 20.4. The van der Waals surface area contributed by atoms with Crippen LogP contribution in [-0.2, 0) is 53.4 Å². The van der Waals surface area contributed by atoms with Crippen molar-refractivity contribution < 1.29 is 60.9 Å². The zero-order valence-corrected chi connectivity index (χ0v) is 36.7. The van der Waals surface area contributed by atoms with Crippen LogP contribution in [0.25, 0.3) is 0 Å². The van der Waals surface area contributed by atoms with Crippen LogP contribution in [0.3, 0.4) is 0 Å². The van der Waals surface area contributed by atoms with Gasteiger partial charge >= 0.3 is 18.1 Å². The largest absolute Gasteiger partial charge is 0.467 e. The molecule has 1 aromatic carbocycles. The van der Waals surface area contributed by atoms with Crippen molar-refractivity contribution in [2.24, 2.45) is 23.7 Å².